The molecule has 1 aromatic heterocycles. The maximum absolute atomic E-state index is 13.0. The topological polar surface area (TPSA) is 70.2 Å². The molecule has 1 amide bonds. The second-order valence-electron chi connectivity index (χ2n) is 8.30. The monoisotopic (exact) mass is 469 g/mol. The van der Waals surface area contributed by atoms with Crippen LogP contribution >= 0.6 is 0 Å². The van der Waals surface area contributed by atoms with Crippen LogP contribution in [0.4, 0.5) is 30.5 Å². The molecule has 2 heterocycles. The minimum absolute atomic E-state index is 0.0477. The third kappa shape index (κ3) is 5.30. The first-order chi connectivity index (χ1) is 16.2. The Kier molecular flexibility index (Phi) is 6.72. The second kappa shape index (κ2) is 9.70. The molecule has 9 heteroatoms. The number of hydrogen-bond donors (Lipinski definition) is 2. The summed E-state index contributed by atoms with van der Waals surface area (Å²) in [6.45, 7) is 6.28. The number of anilines is 3. The average molecular weight is 470 g/mol. The number of benzene rings is 2. The highest BCUT2D eigenvalue weighted by Crippen LogP contribution is 2.31. The van der Waals surface area contributed by atoms with Gasteiger partial charge in [-0.2, -0.15) is 13.2 Å². The second-order valence-corrected chi connectivity index (χ2v) is 8.30. The zero-order valence-corrected chi connectivity index (χ0v) is 19.0. The van der Waals surface area contributed by atoms with Gasteiger partial charge in [0.2, 0.25) is 5.95 Å². The van der Waals surface area contributed by atoms with Gasteiger partial charge in [0.05, 0.1) is 11.3 Å². The Balaban J connectivity index is 1.50. The van der Waals surface area contributed by atoms with Gasteiger partial charge in [-0.05, 0) is 49.2 Å². The average Bonchev–Trinajstić information content (AvgIpc) is 2.83. The first-order valence-electron chi connectivity index (χ1n) is 11.2. The summed E-state index contributed by atoms with van der Waals surface area (Å²) < 4.78 is 39.0. The first kappa shape index (κ1) is 23.5. The van der Waals surface area contributed by atoms with Gasteiger partial charge in [-0.25, -0.2) is 9.97 Å². The van der Waals surface area contributed by atoms with Gasteiger partial charge in [0.25, 0.3) is 5.91 Å². The summed E-state index contributed by atoms with van der Waals surface area (Å²) in [6.07, 6.45) is -0.900. The summed E-state index contributed by atoms with van der Waals surface area (Å²) in [5, 5.41) is 5.93. The lowest BCUT2D eigenvalue weighted by Gasteiger charge is -2.31. The van der Waals surface area contributed by atoms with Gasteiger partial charge in [0.15, 0.2) is 0 Å². The molecule has 178 valence electrons. The molecule has 1 aliphatic heterocycles. The fraction of sp³-hybridized carbons (Fsp3) is 0.320. The number of aromatic nitrogens is 2. The number of carbonyl (C=O) groups is 1. The summed E-state index contributed by atoms with van der Waals surface area (Å²) >= 11 is 0. The molecule has 0 saturated carbocycles. The van der Waals surface area contributed by atoms with Crippen LogP contribution < -0.4 is 15.5 Å². The summed E-state index contributed by atoms with van der Waals surface area (Å²) in [5.41, 5.74) is 3.66. The number of amides is 1. The van der Waals surface area contributed by atoms with E-state index in [0.717, 1.165) is 60.6 Å². The summed E-state index contributed by atoms with van der Waals surface area (Å²) in [7, 11) is 0. The lowest BCUT2D eigenvalue weighted by atomic mass is 10.0. The van der Waals surface area contributed by atoms with Crippen LogP contribution in [0, 0.1) is 6.92 Å². The van der Waals surface area contributed by atoms with Crippen molar-refractivity contribution in [3.8, 4) is 0 Å². The van der Waals surface area contributed by atoms with Crippen molar-refractivity contribution in [3.63, 3.8) is 0 Å². The van der Waals surface area contributed by atoms with E-state index in [-0.39, 0.29) is 5.56 Å². The molecule has 3 aromatic rings. The van der Waals surface area contributed by atoms with Crippen molar-refractivity contribution in [3.05, 3.63) is 76.6 Å². The van der Waals surface area contributed by atoms with Crippen molar-refractivity contribution < 1.29 is 18.0 Å². The highest BCUT2D eigenvalue weighted by molar-refractivity contribution is 6.04. The molecule has 0 fully saturated rings. The van der Waals surface area contributed by atoms with E-state index in [0.29, 0.717) is 18.2 Å². The maximum atomic E-state index is 13.0. The molecule has 0 aliphatic carbocycles. The standard InChI is InChI=1S/C25H26F3N5O/c1-3-10-29-24-30-14-18-15-33(11-9-21(18)32-24)22-13-20(8-7-16(22)2)31-23(34)17-5-4-6-19(12-17)25(26,27)28/h4-8,12-14H,3,9-11,15H2,1-2H3,(H,31,34)(H,29,30,32). The Labute approximate surface area is 196 Å². The van der Waals surface area contributed by atoms with Crippen LogP contribution in [0.1, 0.15) is 46.1 Å². The van der Waals surface area contributed by atoms with Gasteiger partial charge in [-0.15, -0.1) is 0 Å². The molecule has 2 aromatic carbocycles. The third-order valence-electron chi connectivity index (χ3n) is 5.73. The largest absolute Gasteiger partial charge is 0.416 e. The van der Waals surface area contributed by atoms with Crippen LogP contribution in [-0.4, -0.2) is 29.0 Å². The molecule has 6 nitrogen and oxygen atoms in total. The normalized spacial score (nSPS) is 13.4. The van der Waals surface area contributed by atoms with Crippen LogP contribution in [0.15, 0.2) is 48.7 Å². The van der Waals surface area contributed by atoms with E-state index < -0.39 is 17.6 Å². The fourth-order valence-electron chi connectivity index (χ4n) is 3.91. The first-order valence-corrected chi connectivity index (χ1v) is 11.2. The molecule has 0 bridgehead atoms. The number of rotatable bonds is 6. The summed E-state index contributed by atoms with van der Waals surface area (Å²) in [4.78, 5) is 23.9. The number of alkyl halides is 3. The number of fused-ring (bicyclic) bond motifs is 1. The van der Waals surface area contributed by atoms with Crippen molar-refractivity contribution in [2.45, 2.75) is 39.4 Å². The number of nitrogens with zero attached hydrogens (tertiary/aromatic N) is 3. The van der Waals surface area contributed by atoms with Crippen molar-refractivity contribution >= 4 is 23.2 Å². The van der Waals surface area contributed by atoms with Crippen LogP contribution in [0.25, 0.3) is 0 Å². The molecule has 0 spiro atoms. The zero-order valence-electron chi connectivity index (χ0n) is 19.0. The van der Waals surface area contributed by atoms with E-state index in [9.17, 15) is 18.0 Å². The molecule has 0 saturated heterocycles. The van der Waals surface area contributed by atoms with Gasteiger partial charge >= 0.3 is 6.18 Å². The SMILES string of the molecule is CCCNc1ncc2c(n1)CCN(c1cc(NC(=O)c3cccc(C(F)(F)F)c3)ccc1C)C2. The molecular formula is C25H26F3N5O. The quantitative estimate of drug-likeness (QED) is 0.503. The van der Waals surface area contributed by atoms with Crippen molar-refractivity contribution in [2.24, 2.45) is 0 Å². The smallest absolute Gasteiger partial charge is 0.366 e. The highest BCUT2D eigenvalue weighted by Gasteiger charge is 2.31. The van der Waals surface area contributed by atoms with Crippen molar-refractivity contribution in [1.29, 1.82) is 0 Å². The number of hydrogen-bond acceptors (Lipinski definition) is 5. The van der Waals surface area contributed by atoms with E-state index in [4.69, 9.17) is 0 Å². The number of aryl methyl sites for hydroxylation is 1. The molecule has 34 heavy (non-hydrogen) atoms. The molecule has 2 N–H and O–H groups in total. The molecular weight excluding hydrogens is 443 g/mol. The van der Waals surface area contributed by atoms with Crippen LogP contribution in [0.3, 0.4) is 0 Å². The van der Waals surface area contributed by atoms with Crippen LogP contribution in [0.2, 0.25) is 0 Å². The predicted molar refractivity (Wildman–Crippen MR) is 126 cm³/mol. The predicted octanol–water partition coefficient (Wildman–Crippen LogP) is 5.44. The fourth-order valence-corrected chi connectivity index (χ4v) is 3.91. The van der Waals surface area contributed by atoms with E-state index >= 15 is 0 Å². The van der Waals surface area contributed by atoms with Crippen LogP contribution in [-0.2, 0) is 19.1 Å². The summed E-state index contributed by atoms with van der Waals surface area (Å²) in [5.74, 6) is 0.0509. The Morgan fingerprint density at radius 3 is 2.76 bits per heavy atom. The number of halogens is 3. The Morgan fingerprint density at radius 2 is 2.00 bits per heavy atom. The Morgan fingerprint density at radius 1 is 1.18 bits per heavy atom. The molecule has 4 rings (SSSR count). The van der Waals surface area contributed by atoms with Gasteiger partial charge < -0.3 is 15.5 Å². The summed E-state index contributed by atoms with van der Waals surface area (Å²) in [6, 6.07) is 9.89. The molecule has 0 radical (unpaired) electrons. The lowest BCUT2D eigenvalue weighted by molar-refractivity contribution is -0.137. The van der Waals surface area contributed by atoms with Gasteiger partial charge in [0.1, 0.15) is 0 Å². The minimum Gasteiger partial charge on any atom is -0.366 e. The Bertz CT molecular complexity index is 1200. The van der Waals surface area contributed by atoms with Crippen LogP contribution in [0.5, 0.6) is 0 Å². The molecule has 0 unspecified atom stereocenters. The number of nitrogens with one attached hydrogen (secondary N) is 2. The van der Waals surface area contributed by atoms with Crippen molar-refractivity contribution in [2.75, 3.05) is 28.6 Å². The van der Waals surface area contributed by atoms with Gasteiger partial charge in [0, 0.05) is 54.8 Å². The zero-order chi connectivity index (χ0) is 24.3. The number of carbonyl (C=O) groups excluding carboxylic acids is 1. The van der Waals surface area contributed by atoms with E-state index in [1.54, 1.807) is 6.07 Å². The van der Waals surface area contributed by atoms with E-state index in [2.05, 4.69) is 32.4 Å². The highest BCUT2D eigenvalue weighted by atomic mass is 19.4. The maximum Gasteiger partial charge on any atom is 0.416 e. The van der Waals surface area contributed by atoms with Gasteiger partial charge in [-0.3, -0.25) is 4.79 Å². The Hall–Kier alpha value is -3.62. The minimum atomic E-state index is -4.51. The lowest BCUT2D eigenvalue weighted by Crippen LogP contribution is -2.32. The van der Waals surface area contributed by atoms with E-state index in [1.165, 1.54) is 12.1 Å². The van der Waals surface area contributed by atoms with E-state index in [1.807, 2.05) is 25.3 Å². The molecule has 1 aliphatic rings. The molecule has 0 atom stereocenters. The third-order valence-corrected chi connectivity index (χ3v) is 5.73. The van der Waals surface area contributed by atoms with Crippen molar-refractivity contribution in [1.82, 2.24) is 9.97 Å². The van der Waals surface area contributed by atoms with Gasteiger partial charge in [-0.1, -0.05) is 19.1 Å².